The molecule has 1 aliphatic carbocycles. The number of unbranched alkanes of at least 4 members (excludes halogenated alkanes) is 7. The van der Waals surface area contributed by atoms with Crippen LogP contribution in [0.1, 0.15) is 83.5 Å². The smallest absolute Gasteiger partial charge is 0.223 e. The minimum Gasteiger partial charge on any atom is -0.354 e. The fourth-order valence-electron chi connectivity index (χ4n) is 3.27. The molecule has 2 amide bonds. The van der Waals surface area contributed by atoms with Crippen molar-refractivity contribution in [2.75, 3.05) is 18.8 Å². The summed E-state index contributed by atoms with van der Waals surface area (Å²) in [5.41, 5.74) is 0. The van der Waals surface area contributed by atoms with Crippen molar-refractivity contribution >= 4 is 24.4 Å². The third-order valence-electron chi connectivity index (χ3n) is 4.78. The van der Waals surface area contributed by atoms with Gasteiger partial charge < -0.3 is 10.6 Å². The van der Waals surface area contributed by atoms with Gasteiger partial charge in [0.15, 0.2) is 0 Å². The molecule has 4 nitrogen and oxygen atoms in total. The first-order chi connectivity index (χ1) is 11.7. The Hall–Kier alpha value is -0.710. The van der Waals surface area contributed by atoms with Gasteiger partial charge in [0, 0.05) is 25.4 Å². The molecule has 5 heteroatoms. The Kier molecular flexibility index (Phi) is 13.0. The fourth-order valence-corrected chi connectivity index (χ4v) is 3.49. The van der Waals surface area contributed by atoms with Crippen LogP contribution in [-0.2, 0) is 9.59 Å². The van der Waals surface area contributed by atoms with Crippen LogP contribution in [0.15, 0.2) is 0 Å². The van der Waals surface area contributed by atoms with E-state index in [-0.39, 0.29) is 17.7 Å². The van der Waals surface area contributed by atoms with Gasteiger partial charge in [-0.15, -0.1) is 0 Å². The summed E-state index contributed by atoms with van der Waals surface area (Å²) in [6, 6.07) is 0. The molecule has 0 spiro atoms. The molecule has 0 aromatic rings. The largest absolute Gasteiger partial charge is 0.354 e. The second-order valence-electron chi connectivity index (χ2n) is 6.92. The summed E-state index contributed by atoms with van der Waals surface area (Å²) in [5.74, 6) is 1.48. The molecule has 0 aliphatic heterocycles. The Labute approximate surface area is 153 Å². The number of carbonyl (C=O) groups is 2. The number of thiol groups is 1. The lowest BCUT2D eigenvalue weighted by atomic mass is 10.1. The molecule has 0 aromatic heterocycles. The number of amides is 2. The summed E-state index contributed by atoms with van der Waals surface area (Å²) < 4.78 is 0. The highest BCUT2D eigenvalue weighted by molar-refractivity contribution is 7.80. The minimum absolute atomic E-state index is 0.110. The Morgan fingerprint density at radius 3 is 1.96 bits per heavy atom. The summed E-state index contributed by atoms with van der Waals surface area (Å²) >= 11 is 4.21. The highest BCUT2D eigenvalue weighted by Gasteiger charge is 2.21. The summed E-state index contributed by atoms with van der Waals surface area (Å²) in [6.45, 7) is 1.09. The molecule has 0 unspecified atom stereocenters. The minimum atomic E-state index is 0.110. The van der Waals surface area contributed by atoms with E-state index in [9.17, 15) is 9.59 Å². The first-order valence-corrected chi connectivity index (χ1v) is 10.5. The van der Waals surface area contributed by atoms with E-state index in [1.54, 1.807) is 0 Å². The highest BCUT2D eigenvalue weighted by Crippen LogP contribution is 2.24. The molecule has 0 aromatic carbocycles. The molecule has 0 saturated heterocycles. The van der Waals surface area contributed by atoms with Gasteiger partial charge in [0.2, 0.25) is 11.8 Å². The van der Waals surface area contributed by atoms with E-state index >= 15 is 0 Å². The zero-order chi connectivity index (χ0) is 17.5. The van der Waals surface area contributed by atoms with Crippen LogP contribution in [0.2, 0.25) is 0 Å². The molecular weight excluding hydrogens is 320 g/mol. The summed E-state index contributed by atoms with van der Waals surface area (Å²) in [6.07, 6.45) is 14.7. The molecule has 140 valence electrons. The second kappa shape index (κ2) is 14.6. The van der Waals surface area contributed by atoms with Crippen molar-refractivity contribution in [1.82, 2.24) is 10.6 Å². The van der Waals surface area contributed by atoms with E-state index in [1.807, 2.05) is 0 Å². The lowest BCUT2D eigenvalue weighted by Crippen LogP contribution is -2.36. The standard InChI is InChI=1S/C19H36N2O2S/c22-18(13-7-5-3-1-2-4-6-10-16-24)20-14-15-21-19(23)17-11-8-9-12-17/h17,24H,1-16H2,(H,20,22)(H,21,23). The molecule has 0 bridgehead atoms. The zero-order valence-corrected chi connectivity index (χ0v) is 16.0. The molecule has 24 heavy (non-hydrogen) atoms. The highest BCUT2D eigenvalue weighted by atomic mass is 32.1. The van der Waals surface area contributed by atoms with Gasteiger partial charge in [0.25, 0.3) is 0 Å². The predicted octanol–water partition coefficient (Wildman–Crippen LogP) is 3.85. The lowest BCUT2D eigenvalue weighted by molar-refractivity contribution is -0.125. The number of hydrogen-bond donors (Lipinski definition) is 3. The van der Waals surface area contributed by atoms with E-state index in [0.29, 0.717) is 19.5 Å². The summed E-state index contributed by atoms with van der Waals surface area (Å²) in [4.78, 5) is 23.5. The van der Waals surface area contributed by atoms with Gasteiger partial charge in [-0.1, -0.05) is 51.4 Å². The van der Waals surface area contributed by atoms with Crippen molar-refractivity contribution in [3.8, 4) is 0 Å². The molecule has 0 radical (unpaired) electrons. The van der Waals surface area contributed by atoms with Crippen molar-refractivity contribution in [2.24, 2.45) is 5.92 Å². The first-order valence-electron chi connectivity index (χ1n) is 9.89. The van der Waals surface area contributed by atoms with Crippen LogP contribution < -0.4 is 10.6 Å². The molecular formula is C19H36N2O2S. The van der Waals surface area contributed by atoms with Crippen LogP contribution in [0.25, 0.3) is 0 Å². The van der Waals surface area contributed by atoms with Gasteiger partial charge in [-0.25, -0.2) is 0 Å². The number of carbonyl (C=O) groups excluding carboxylic acids is 2. The molecule has 0 atom stereocenters. The summed E-state index contributed by atoms with van der Waals surface area (Å²) in [7, 11) is 0. The van der Waals surface area contributed by atoms with Gasteiger partial charge in [-0.3, -0.25) is 9.59 Å². The normalized spacial score (nSPS) is 14.7. The average molecular weight is 357 g/mol. The van der Waals surface area contributed by atoms with Crippen molar-refractivity contribution in [2.45, 2.75) is 83.5 Å². The predicted molar refractivity (Wildman–Crippen MR) is 103 cm³/mol. The molecule has 1 saturated carbocycles. The molecule has 2 N–H and O–H groups in total. The van der Waals surface area contributed by atoms with Crippen molar-refractivity contribution in [1.29, 1.82) is 0 Å². The van der Waals surface area contributed by atoms with Gasteiger partial charge in [0.05, 0.1) is 0 Å². The zero-order valence-electron chi connectivity index (χ0n) is 15.2. The van der Waals surface area contributed by atoms with Crippen molar-refractivity contribution in [3.63, 3.8) is 0 Å². The van der Waals surface area contributed by atoms with E-state index in [4.69, 9.17) is 0 Å². The molecule has 1 aliphatic rings. The van der Waals surface area contributed by atoms with Crippen LogP contribution in [0.5, 0.6) is 0 Å². The first kappa shape index (κ1) is 21.3. The number of nitrogens with one attached hydrogen (secondary N) is 2. The number of hydrogen-bond acceptors (Lipinski definition) is 3. The molecule has 0 heterocycles. The average Bonchev–Trinajstić information content (AvgIpc) is 3.12. The second-order valence-corrected chi connectivity index (χ2v) is 7.37. The Bertz CT molecular complexity index is 344. The molecule has 1 rings (SSSR count). The van der Waals surface area contributed by atoms with Crippen molar-refractivity contribution in [3.05, 3.63) is 0 Å². The van der Waals surface area contributed by atoms with Crippen LogP contribution >= 0.6 is 12.6 Å². The maximum atomic E-state index is 11.8. The van der Waals surface area contributed by atoms with Gasteiger partial charge in [0.1, 0.15) is 0 Å². The molecule has 1 fully saturated rings. The Balaban J connectivity index is 1.83. The maximum absolute atomic E-state index is 11.8. The SMILES string of the molecule is O=C(CCCCCCCCCCS)NCCNC(=O)C1CCCC1. The summed E-state index contributed by atoms with van der Waals surface area (Å²) in [5, 5.41) is 5.82. The Morgan fingerprint density at radius 2 is 1.33 bits per heavy atom. The maximum Gasteiger partial charge on any atom is 0.223 e. The van der Waals surface area contributed by atoms with E-state index in [2.05, 4.69) is 23.3 Å². The third kappa shape index (κ3) is 11.0. The topological polar surface area (TPSA) is 58.2 Å². The van der Waals surface area contributed by atoms with Crippen LogP contribution in [0.4, 0.5) is 0 Å². The van der Waals surface area contributed by atoms with Gasteiger partial charge in [-0.05, 0) is 31.4 Å². The van der Waals surface area contributed by atoms with E-state index in [1.165, 1.54) is 51.4 Å². The third-order valence-corrected chi connectivity index (χ3v) is 5.10. The Morgan fingerprint density at radius 1 is 0.792 bits per heavy atom. The van der Waals surface area contributed by atoms with Crippen LogP contribution in [0, 0.1) is 5.92 Å². The lowest BCUT2D eigenvalue weighted by Gasteiger charge is -2.10. The quantitative estimate of drug-likeness (QED) is 0.327. The van der Waals surface area contributed by atoms with E-state index in [0.717, 1.165) is 31.4 Å². The monoisotopic (exact) mass is 356 g/mol. The van der Waals surface area contributed by atoms with Crippen LogP contribution in [-0.4, -0.2) is 30.7 Å². The van der Waals surface area contributed by atoms with Gasteiger partial charge >= 0.3 is 0 Å². The van der Waals surface area contributed by atoms with Crippen LogP contribution in [0.3, 0.4) is 0 Å². The fraction of sp³-hybridized carbons (Fsp3) is 0.895. The number of rotatable bonds is 14. The van der Waals surface area contributed by atoms with Gasteiger partial charge in [-0.2, -0.15) is 12.6 Å². The van der Waals surface area contributed by atoms with E-state index < -0.39 is 0 Å². The van der Waals surface area contributed by atoms with Crippen molar-refractivity contribution < 1.29 is 9.59 Å².